The summed E-state index contributed by atoms with van der Waals surface area (Å²) in [6.07, 6.45) is 2.53. The van der Waals surface area contributed by atoms with Crippen LogP contribution in [0.1, 0.15) is 42.6 Å². The molecule has 17 heavy (non-hydrogen) atoms. The molecule has 0 aromatic heterocycles. The van der Waals surface area contributed by atoms with Gasteiger partial charge in [0.05, 0.1) is 0 Å². The van der Waals surface area contributed by atoms with Gasteiger partial charge in [0, 0.05) is 30.3 Å². The van der Waals surface area contributed by atoms with Crippen molar-refractivity contribution < 1.29 is 4.79 Å². The maximum atomic E-state index is 12.0. The van der Waals surface area contributed by atoms with Gasteiger partial charge >= 0.3 is 0 Å². The summed E-state index contributed by atoms with van der Waals surface area (Å²) >= 11 is 0. The summed E-state index contributed by atoms with van der Waals surface area (Å²) in [7, 11) is 0. The third kappa shape index (κ3) is 2.51. The summed E-state index contributed by atoms with van der Waals surface area (Å²) in [5, 5.41) is 0. The molecule has 0 spiro atoms. The van der Waals surface area contributed by atoms with E-state index in [-0.39, 0.29) is 11.7 Å². The first-order valence-corrected chi connectivity index (χ1v) is 6.49. The molecule has 92 valence electrons. The van der Waals surface area contributed by atoms with Crippen molar-refractivity contribution in [1.82, 2.24) is 0 Å². The van der Waals surface area contributed by atoms with Crippen LogP contribution < -0.4 is 4.90 Å². The highest BCUT2D eigenvalue weighted by Crippen LogP contribution is 2.26. The Labute approximate surface area is 104 Å². The maximum absolute atomic E-state index is 12.0. The van der Waals surface area contributed by atoms with E-state index in [2.05, 4.69) is 24.0 Å². The lowest BCUT2D eigenvalue weighted by Gasteiger charge is -2.21. The van der Waals surface area contributed by atoms with Crippen LogP contribution in [0.25, 0.3) is 0 Å². The first-order chi connectivity index (χ1) is 8.09. The molecule has 0 atom stereocenters. The molecule has 0 radical (unpaired) electrons. The van der Waals surface area contributed by atoms with E-state index in [9.17, 15) is 4.79 Å². The topological polar surface area (TPSA) is 20.3 Å². The Kier molecular flexibility index (Phi) is 3.51. The highest BCUT2D eigenvalue weighted by Gasteiger charge is 2.17. The lowest BCUT2D eigenvalue weighted by Crippen LogP contribution is -2.19. The average Bonchev–Trinajstić information content (AvgIpc) is 2.82. The molecule has 1 aliphatic rings. The van der Waals surface area contributed by atoms with Gasteiger partial charge in [0.25, 0.3) is 0 Å². The smallest absolute Gasteiger partial charge is 0.165 e. The Morgan fingerprint density at radius 1 is 1.24 bits per heavy atom. The molecule has 1 heterocycles. The highest BCUT2D eigenvalue weighted by atomic mass is 16.1. The largest absolute Gasteiger partial charge is 0.371 e. The molecule has 1 aliphatic heterocycles. The number of rotatable bonds is 3. The van der Waals surface area contributed by atoms with E-state index in [4.69, 9.17) is 0 Å². The number of carbonyl (C=O) groups is 1. The van der Waals surface area contributed by atoms with Gasteiger partial charge in [-0.1, -0.05) is 26.0 Å². The van der Waals surface area contributed by atoms with Gasteiger partial charge < -0.3 is 4.90 Å². The molecule has 2 nitrogen and oxygen atoms in total. The predicted octanol–water partition coefficient (Wildman–Crippen LogP) is 3.43. The fourth-order valence-corrected chi connectivity index (χ4v) is 2.39. The molecular formula is C15H21NO. The molecule has 1 aromatic carbocycles. The van der Waals surface area contributed by atoms with E-state index in [0.29, 0.717) is 0 Å². The Bertz CT molecular complexity index is 417. The van der Waals surface area contributed by atoms with Crippen LogP contribution in [0.4, 0.5) is 5.69 Å². The maximum Gasteiger partial charge on any atom is 0.165 e. The molecule has 1 saturated heterocycles. The van der Waals surface area contributed by atoms with Crippen molar-refractivity contribution in [3.05, 3.63) is 29.3 Å². The van der Waals surface area contributed by atoms with Gasteiger partial charge in [-0.25, -0.2) is 0 Å². The lowest BCUT2D eigenvalue weighted by molar-refractivity contribution is 0.0939. The van der Waals surface area contributed by atoms with Crippen molar-refractivity contribution in [3.8, 4) is 0 Å². The van der Waals surface area contributed by atoms with Crippen LogP contribution in [0, 0.1) is 12.8 Å². The molecule has 0 unspecified atom stereocenters. The van der Waals surface area contributed by atoms with Crippen molar-refractivity contribution in [1.29, 1.82) is 0 Å². The molecule has 0 aliphatic carbocycles. The zero-order chi connectivity index (χ0) is 12.4. The van der Waals surface area contributed by atoms with E-state index >= 15 is 0 Å². The van der Waals surface area contributed by atoms with Crippen LogP contribution in [-0.2, 0) is 0 Å². The van der Waals surface area contributed by atoms with Gasteiger partial charge in [-0.05, 0) is 31.4 Å². The molecule has 0 saturated carbocycles. The quantitative estimate of drug-likeness (QED) is 0.743. The van der Waals surface area contributed by atoms with Gasteiger partial charge in [-0.15, -0.1) is 0 Å². The first kappa shape index (κ1) is 12.2. The normalized spacial score (nSPS) is 15.6. The van der Waals surface area contributed by atoms with Crippen molar-refractivity contribution in [2.45, 2.75) is 33.6 Å². The molecule has 0 amide bonds. The Balaban J connectivity index is 2.32. The third-order valence-corrected chi connectivity index (χ3v) is 3.46. The number of hydrogen-bond acceptors (Lipinski definition) is 2. The molecule has 2 heteroatoms. The Hall–Kier alpha value is -1.31. The van der Waals surface area contributed by atoms with Crippen LogP contribution in [0.15, 0.2) is 18.2 Å². The first-order valence-electron chi connectivity index (χ1n) is 6.49. The molecule has 0 N–H and O–H groups in total. The van der Waals surface area contributed by atoms with E-state index < -0.39 is 0 Å². The van der Waals surface area contributed by atoms with E-state index in [1.54, 1.807) is 0 Å². The number of Topliss-reactive ketones (excluding diaryl/α,β-unsaturated/α-hetero) is 1. The zero-order valence-corrected chi connectivity index (χ0v) is 11.0. The standard InChI is InChI=1S/C15H21NO/c1-11(2)15(17)13-7-6-12(3)14(10-13)16-8-4-5-9-16/h6-7,10-11H,4-5,8-9H2,1-3H3. The predicted molar refractivity (Wildman–Crippen MR) is 71.8 cm³/mol. The van der Waals surface area contributed by atoms with Crippen molar-refractivity contribution in [2.24, 2.45) is 5.92 Å². The second kappa shape index (κ2) is 4.91. The fraction of sp³-hybridized carbons (Fsp3) is 0.533. The van der Waals surface area contributed by atoms with Gasteiger partial charge in [-0.3, -0.25) is 4.79 Å². The third-order valence-electron chi connectivity index (χ3n) is 3.46. The van der Waals surface area contributed by atoms with Crippen molar-refractivity contribution >= 4 is 11.5 Å². The Morgan fingerprint density at radius 3 is 2.47 bits per heavy atom. The minimum atomic E-state index is 0.0733. The van der Waals surface area contributed by atoms with E-state index in [0.717, 1.165) is 18.7 Å². The molecular weight excluding hydrogens is 210 g/mol. The van der Waals surface area contributed by atoms with Gasteiger partial charge in [0.15, 0.2) is 5.78 Å². The minimum absolute atomic E-state index is 0.0733. The number of ketones is 1. The highest BCUT2D eigenvalue weighted by molar-refractivity contribution is 5.98. The molecule has 0 bridgehead atoms. The van der Waals surface area contributed by atoms with Gasteiger partial charge in [-0.2, -0.15) is 0 Å². The number of carbonyl (C=O) groups excluding carboxylic acids is 1. The number of benzene rings is 1. The summed E-state index contributed by atoms with van der Waals surface area (Å²) in [5.41, 5.74) is 3.37. The Morgan fingerprint density at radius 2 is 1.88 bits per heavy atom. The number of nitrogens with zero attached hydrogens (tertiary/aromatic N) is 1. The summed E-state index contributed by atoms with van der Waals surface area (Å²) in [4.78, 5) is 14.4. The SMILES string of the molecule is Cc1ccc(C(=O)C(C)C)cc1N1CCCC1. The van der Waals surface area contributed by atoms with Crippen molar-refractivity contribution in [3.63, 3.8) is 0 Å². The lowest BCUT2D eigenvalue weighted by atomic mass is 9.99. The van der Waals surface area contributed by atoms with Crippen LogP contribution in [0.5, 0.6) is 0 Å². The summed E-state index contributed by atoms with van der Waals surface area (Å²) < 4.78 is 0. The minimum Gasteiger partial charge on any atom is -0.371 e. The zero-order valence-electron chi connectivity index (χ0n) is 11.0. The summed E-state index contributed by atoms with van der Waals surface area (Å²) in [6, 6.07) is 6.10. The molecule has 1 aromatic rings. The molecule has 1 fully saturated rings. The summed E-state index contributed by atoms with van der Waals surface area (Å²) in [5.74, 6) is 0.314. The van der Waals surface area contributed by atoms with E-state index in [1.165, 1.54) is 24.1 Å². The van der Waals surface area contributed by atoms with Crippen molar-refractivity contribution in [2.75, 3.05) is 18.0 Å². The van der Waals surface area contributed by atoms with Gasteiger partial charge in [0.1, 0.15) is 0 Å². The van der Waals surface area contributed by atoms with Gasteiger partial charge in [0.2, 0.25) is 0 Å². The fourth-order valence-electron chi connectivity index (χ4n) is 2.39. The van der Waals surface area contributed by atoms with Crippen LogP contribution >= 0.6 is 0 Å². The second-order valence-corrected chi connectivity index (χ2v) is 5.21. The number of anilines is 1. The van der Waals surface area contributed by atoms with E-state index in [1.807, 2.05) is 19.9 Å². The monoisotopic (exact) mass is 231 g/mol. The number of hydrogen-bond donors (Lipinski definition) is 0. The summed E-state index contributed by atoms with van der Waals surface area (Å²) in [6.45, 7) is 8.28. The van der Waals surface area contributed by atoms with Crippen LogP contribution in [0.3, 0.4) is 0 Å². The molecule has 2 rings (SSSR count). The van der Waals surface area contributed by atoms with Crippen LogP contribution in [0.2, 0.25) is 0 Å². The van der Waals surface area contributed by atoms with Crippen LogP contribution in [-0.4, -0.2) is 18.9 Å². The number of aryl methyl sites for hydroxylation is 1. The second-order valence-electron chi connectivity index (χ2n) is 5.21. The average molecular weight is 231 g/mol.